The number of nitrogens with zero attached hydrogens (tertiary/aromatic N) is 1. The molecular formula is C14H11NO3. The topological polar surface area (TPSA) is 47.9 Å². The summed E-state index contributed by atoms with van der Waals surface area (Å²) in [5, 5.41) is 6.02. The molecule has 0 radical (unpaired) electrons. The normalized spacial score (nSPS) is 15.5. The molecule has 1 heterocycles. The zero-order valence-corrected chi connectivity index (χ0v) is 9.84. The maximum absolute atomic E-state index is 10.8. The van der Waals surface area contributed by atoms with Gasteiger partial charge in [0.15, 0.2) is 0 Å². The molecule has 1 aliphatic rings. The van der Waals surface area contributed by atoms with Crippen molar-refractivity contribution in [1.29, 1.82) is 0 Å². The Kier molecular flexibility index (Phi) is 2.48. The first-order valence-corrected chi connectivity index (χ1v) is 5.65. The highest BCUT2D eigenvalue weighted by molar-refractivity contribution is 6.15. The van der Waals surface area contributed by atoms with E-state index in [4.69, 9.17) is 9.57 Å². The lowest BCUT2D eigenvalue weighted by atomic mass is 10.0. The third kappa shape index (κ3) is 1.72. The van der Waals surface area contributed by atoms with Gasteiger partial charge >= 0.3 is 5.97 Å². The van der Waals surface area contributed by atoms with E-state index < -0.39 is 5.97 Å². The number of hydrogen-bond donors (Lipinski definition) is 0. The zero-order valence-electron chi connectivity index (χ0n) is 9.84. The molecule has 0 saturated carbocycles. The van der Waals surface area contributed by atoms with Crippen LogP contribution >= 0.6 is 0 Å². The van der Waals surface area contributed by atoms with Gasteiger partial charge in [-0.15, -0.1) is 0 Å². The van der Waals surface area contributed by atoms with E-state index in [-0.39, 0.29) is 0 Å². The van der Waals surface area contributed by atoms with Crippen LogP contribution in [0.5, 0.6) is 5.75 Å². The molecule has 1 aliphatic heterocycles. The van der Waals surface area contributed by atoms with E-state index in [0.717, 1.165) is 22.1 Å². The van der Waals surface area contributed by atoms with E-state index in [9.17, 15) is 4.79 Å². The third-order valence-corrected chi connectivity index (χ3v) is 2.83. The van der Waals surface area contributed by atoms with Gasteiger partial charge in [0.2, 0.25) is 0 Å². The van der Waals surface area contributed by atoms with Gasteiger partial charge in [0.1, 0.15) is 18.1 Å². The highest BCUT2D eigenvalue weighted by Gasteiger charge is 2.22. The standard InChI is InChI=1S/C14H11NO3/c1-9(16)18-15-12-8-17-13-7-6-10-4-2-3-5-11(10)14(12)13/h2-7H,8H2,1H3/b15-12+. The molecule has 2 aromatic rings. The minimum absolute atomic E-state index is 0.330. The fourth-order valence-electron chi connectivity index (χ4n) is 2.08. The van der Waals surface area contributed by atoms with Crippen molar-refractivity contribution >= 4 is 22.5 Å². The summed E-state index contributed by atoms with van der Waals surface area (Å²) in [6.45, 7) is 1.65. The van der Waals surface area contributed by atoms with Crippen LogP contribution in [-0.4, -0.2) is 18.3 Å². The third-order valence-electron chi connectivity index (χ3n) is 2.83. The summed E-state index contributed by atoms with van der Waals surface area (Å²) in [5.41, 5.74) is 1.56. The Morgan fingerprint density at radius 3 is 2.94 bits per heavy atom. The highest BCUT2D eigenvalue weighted by Crippen LogP contribution is 2.32. The van der Waals surface area contributed by atoms with E-state index in [1.807, 2.05) is 36.4 Å². The fourth-order valence-corrected chi connectivity index (χ4v) is 2.08. The van der Waals surface area contributed by atoms with Crippen molar-refractivity contribution in [3.05, 3.63) is 42.0 Å². The molecular weight excluding hydrogens is 230 g/mol. The molecule has 0 aromatic heterocycles. The van der Waals surface area contributed by atoms with Crippen molar-refractivity contribution in [3.8, 4) is 5.75 Å². The van der Waals surface area contributed by atoms with Gasteiger partial charge in [-0.05, 0) is 16.8 Å². The maximum Gasteiger partial charge on any atom is 0.331 e. The highest BCUT2D eigenvalue weighted by atomic mass is 16.7. The molecule has 0 unspecified atom stereocenters. The fraction of sp³-hybridized carbons (Fsp3) is 0.143. The van der Waals surface area contributed by atoms with E-state index in [2.05, 4.69) is 5.16 Å². The van der Waals surface area contributed by atoms with Crippen LogP contribution in [0, 0.1) is 0 Å². The second kappa shape index (κ2) is 4.14. The minimum atomic E-state index is -0.434. The summed E-state index contributed by atoms with van der Waals surface area (Å²) in [4.78, 5) is 15.5. The van der Waals surface area contributed by atoms with Crippen molar-refractivity contribution in [2.24, 2.45) is 5.16 Å². The average molecular weight is 241 g/mol. The summed E-state index contributed by atoms with van der Waals surface area (Å²) < 4.78 is 5.53. The zero-order chi connectivity index (χ0) is 12.5. The first kappa shape index (κ1) is 10.8. The molecule has 18 heavy (non-hydrogen) atoms. The Balaban J connectivity index is 2.16. The van der Waals surface area contributed by atoms with Crippen LogP contribution in [0.15, 0.2) is 41.6 Å². The smallest absolute Gasteiger partial charge is 0.331 e. The molecule has 4 nitrogen and oxygen atoms in total. The number of carbonyl (C=O) groups excluding carboxylic acids is 1. The molecule has 0 N–H and O–H groups in total. The number of hydrogen-bond acceptors (Lipinski definition) is 4. The van der Waals surface area contributed by atoms with Crippen molar-refractivity contribution in [3.63, 3.8) is 0 Å². The quantitative estimate of drug-likeness (QED) is 0.569. The molecule has 90 valence electrons. The van der Waals surface area contributed by atoms with Gasteiger partial charge in [-0.1, -0.05) is 35.5 Å². The van der Waals surface area contributed by atoms with Gasteiger partial charge in [0.25, 0.3) is 0 Å². The molecule has 0 fully saturated rings. The van der Waals surface area contributed by atoms with Crippen LogP contribution in [0.1, 0.15) is 12.5 Å². The lowest BCUT2D eigenvalue weighted by molar-refractivity contribution is -0.140. The van der Waals surface area contributed by atoms with E-state index >= 15 is 0 Å². The van der Waals surface area contributed by atoms with Crippen LogP contribution in [0.4, 0.5) is 0 Å². The Morgan fingerprint density at radius 2 is 2.11 bits per heavy atom. The number of rotatable bonds is 1. The average Bonchev–Trinajstić information content (AvgIpc) is 2.80. The second-order valence-electron chi connectivity index (χ2n) is 4.07. The molecule has 0 bridgehead atoms. The molecule has 2 aromatic carbocycles. The van der Waals surface area contributed by atoms with Gasteiger partial charge in [-0.3, -0.25) is 0 Å². The molecule has 0 spiro atoms. The number of carbonyl (C=O) groups is 1. The van der Waals surface area contributed by atoms with Gasteiger partial charge < -0.3 is 9.57 Å². The Morgan fingerprint density at radius 1 is 1.28 bits per heavy atom. The van der Waals surface area contributed by atoms with Crippen LogP contribution in [0.25, 0.3) is 10.8 Å². The largest absolute Gasteiger partial charge is 0.486 e. The molecule has 0 saturated heterocycles. The van der Waals surface area contributed by atoms with Crippen molar-refractivity contribution in [2.75, 3.05) is 6.61 Å². The predicted molar refractivity (Wildman–Crippen MR) is 67.7 cm³/mol. The van der Waals surface area contributed by atoms with Gasteiger partial charge in [-0.25, -0.2) is 4.79 Å². The van der Waals surface area contributed by atoms with Crippen LogP contribution in [-0.2, 0) is 9.63 Å². The molecule has 0 aliphatic carbocycles. The molecule has 0 atom stereocenters. The van der Waals surface area contributed by atoms with Crippen LogP contribution < -0.4 is 4.74 Å². The molecule has 3 rings (SSSR count). The van der Waals surface area contributed by atoms with Crippen molar-refractivity contribution in [2.45, 2.75) is 6.92 Å². The predicted octanol–water partition coefficient (Wildman–Crippen LogP) is 2.50. The number of oxime groups is 1. The SMILES string of the molecule is CC(=O)O/N=C1\COc2ccc3ccccc3c21. The van der Waals surface area contributed by atoms with Crippen LogP contribution in [0.3, 0.4) is 0 Å². The Hall–Kier alpha value is -2.36. The summed E-state index contributed by atoms with van der Waals surface area (Å²) in [6.07, 6.45) is 0. The first-order valence-electron chi connectivity index (χ1n) is 5.65. The summed E-state index contributed by atoms with van der Waals surface area (Å²) in [6, 6.07) is 11.9. The van der Waals surface area contributed by atoms with E-state index in [1.165, 1.54) is 6.92 Å². The molecule has 0 amide bonds. The summed E-state index contributed by atoms with van der Waals surface area (Å²) >= 11 is 0. The second-order valence-corrected chi connectivity index (χ2v) is 4.07. The van der Waals surface area contributed by atoms with Crippen molar-refractivity contribution < 1.29 is 14.4 Å². The van der Waals surface area contributed by atoms with E-state index in [1.54, 1.807) is 0 Å². The number of ether oxygens (including phenoxy) is 1. The summed E-state index contributed by atoms with van der Waals surface area (Å²) in [5.74, 6) is 0.343. The lowest BCUT2D eigenvalue weighted by Gasteiger charge is -2.03. The molecule has 4 heteroatoms. The van der Waals surface area contributed by atoms with Crippen LogP contribution in [0.2, 0.25) is 0 Å². The Labute approximate surface area is 104 Å². The van der Waals surface area contributed by atoms with Gasteiger partial charge in [0, 0.05) is 6.92 Å². The van der Waals surface area contributed by atoms with E-state index in [0.29, 0.717) is 12.3 Å². The number of benzene rings is 2. The Bertz CT molecular complexity index is 661. The summed E-state index contributed by atoms with van der Waals surface area (Å²) in [7, 11) is 0. The van der Waals surface area contributed by atoms with Gasteiger partial charge in [-0.2, -0.15) is 0 Å². The van der Waals surface area contributed by atoms with Crippen molar-refractivity contribution in [1.82, 2.24) is 0 Å². The monoisotopic (exact) mass is 241 g/mol. The van der Waals surface area contributed by atoms with Gasteiger partial charge in [0.05, 0.1) is 5.56 Å². The lowest BCUT2D eigenvalue weighted by Crippen LogP contribution is -2.05. The minimum Gasteiger partial charge on any atom is -0.486 e. The first-order chi connectivity index (χ1) is 8.75. The number of fused-ring (bicyclic) bond motifs is 3. The maximum atomic E-state index is 10.8.